The Morgan fingerprint density at radius 3 is 2.37 bits per heavy atom. The molecule has 0 N–H and O–H groups in total. The molecule has 0 amide bonds. The van der Waals surface area contributed by atoms with Crippen LogP contribution < -0.4 is 4.74 Å². The first-order valence-corrected chi connectivity index (χ1v) is 8.00. The average molecular weight is 375 g/mol. The van der Waals surface area contributed by atoms with Gasteiger partial charge in [0.15, 0.2) is 0 Å². The molecule has 0 atom stereocenters. The number of carbonyl (C=O) groups is 1. The molecule has 0 spiro atoms. The molecule has 0 radical (unpaired) electrons. The first kappa shape index (κ1) is 18.7. The second-order valence-electron chi connectivity index (χ2n) is 5.96. The fourth-order valence-electron chi connectivity index (χ4n) is 2.88. The Labute approximate surface area is 153 Å². The topological polar surface area (TPSA) is 48.4 Å². The summed E-state index contributed by atoms with van der Waals surface area (Å²) in [6.07, 6.45) is -4.41. The van der Waals surface area contributed by atoms with Crippen LogP contribution in [0.2, 0.25) is 0 Å². The third-order valence-corrected chi connectivity index (χ3v) is 4.24. The monoisotopic (exact) mass is 375 g/mol. The second-order valence-corrected chi connectivity index (χ2v) is 5.96. The zero-order valence-electron chi connectivity index (χ0n) is 14.8. The van der Waals surface area contributed by atoms with E-state index >= 15 is 0 Å². The summed E-state index contributed by atoms with van der Waals surface area (Å²) in [5, 5.41) is 0.679. The van der Waals surface area contributed by atoms with Crippen molar-refractivity contribution in [2.75, 3.05) is 14.2 Å². The molecular weight excluding hydrogens is 359 g/mol. The second kappa shape index (κ2) is 6.90. The van der Waals surface area contributed by atoms with Crippen molar-refractivity contribution in [2.24, 2.45) is 0 Å². The molecule has 3 rings (SSSR count). The Bertz CT molecular complexity index is 1030. The fraction of sp³-hybridized carbons (Fsp3) is 0.200. The highest BCUT2D eigenvalue weighted by atomic mass is 19.4. The van der Waals surface area contributed by atoms with E-state index in [2.05, 4.69) is 4.98 Å². The Kier molecular flexibility index (Phi) is 4.78. The molecule has 1 heterocycles. The number of rotatable bonds is 3. The van der Waals surface area contributed by atoms with Gasteiger partial charge in [-0.3, -0.25) is 0 Å². The van der Waals surface area contributed by atoms with E-state index in [4.69, 9.17) is 9.47 Å². The molecule has 0 aliphatic heterocycles. The van der Waals surface area contributed by atoms with Crippen LogP contribution >= 0.6 is 0 Å². The predicted molar refractivity (Wildman–Crippen MR) is 94.8 cm³/mol. The average Bonchev–Trinajstić information content (AvgIpc) is 2.65. The first-order valence-electron chi connectivity index (χ1n) is 8.00. The van der Waals surface area contributed by atoms with Crippen LogP contribution in [-0.4, -0.2) is 25.2 Å². The number of hydrogen-bond acceptors (Lipinski definition) is 4. The number of aromatic nitrogens is 1. The Balaban J connectivity index is 2.18. The van der Waals surface area contributed by atoms with Gasteiger partial charge in [0, 0.05) is 17.0 Å². The Hall–Kier alpha value is -3.09. The van der Waals surface area contributed by atoms with Crippen LogP contribution in [0.15, 0.2) is 42.5 Å². The van der Waals surface area contributed by atoms with Crippen molar-refractivity contribution < 1.29 is 27.4 Å². The number of benzene rings is 2. The van der Waals surface area contributed by atoms with Crippen molar-refractivity contribution in [3.63, 3.8) is 0 Å². The largest absolute Gasteiger partial charge is 0.496 e. The maximum atomic E-state index is 12.9. The highest BCUT2D eigenvalue weighted by molar-refractivity contribution is 5.96. The van der Waals surface area contributed by atoms with Gasteiger partial charge in [0.1, 0.15) is 5.75 Å². The summed E-state index contributed by atoms with van der Waals surface area (Å²) in [6.45, 7) is 1.59. The van der Waals surface area contributed by atoms with Gasteiger partial charge in [0.25, 0.3) is 0 Å². The third-order valence-electron chi connectivity index (χ3n) is 4.24. The molecule has 2 aromatic carbocycles. The van der Waals surface area contributed by atoms with Gasteiger partial charge in [-0.05, 0) is 42.8 Å². The summed E-state index contributed by atoms with van der Waals surface area (Å²) in [7, 11) is 2.77. The molecule has 0 aliphatic rings. The summed E-state index contributed by atoms with van der Waals surface area (Å²) in [6, 6.07) is 10.0. The number of hydrogen-bond donors (Lipinski definition) is 0. The van der Waals surface area contributed by atoms with Crippen LogP contribution in [0.25, 0.3) is 22.2 Å². The van der Waals surface area contributed by atoms with E-state index in [1.165, 1.54) is 20.3 Å². The summed E-state index contributed by atoms with van der Waals surface area (Å²) >= 11 is 0. The number of nitrogens with zero attached hydrogens (tertiary/aromatic N) is 1. The number of methoxy groups -OCH3 is 2. The molecule has 27 heavy (non-hydrogen) atoms. The van der Waals surface area contributed by atoms with Gasteiger partial charge in [-0.25, -0.2) is 9.78 Å². The van der Waals surface area contributed by atoms with Crippen molar-refractivity contribution in [1.82, 2.24) is 4.98 Å². The minimum absolute atomic E-state index is 0.320. The van der Waals surface area contributed by atoms with E-state index in [1.807, 2.05) is 0 Å². The molecule has 0 fully saturated rings. The van der Waals surface area contributed by atoms with Gasteiger partial charge in [0.05, 0.1) is 36.6 Å². The van der Waals surface area contributed by atoms with Gasteiger partial charge < -0.3 is 9.47 Å². The summed E-state index contributed by atoms with van der Waals surface area (Å²) < 4.78 is 48.8. The van der Waals surface area contributed by atoms with Gasteiger partial charge in [-0.15, -0.1) is 0 Å². The highest BCUT2D eigenvalue weighted by Crippen LogP contribution is 2.35. The van der Waals surface area contributed by atoms with Gasteiger partial charge in [-0.2, -0.15) is 13.2 Å². The maximum absolute atomic E-state index is 12.9. The van der Waals surface area contributed by atoms with Crippen molar-refractivity contribution in [1.29, 1.82) is 0 Å². The minimum atomic E-state index is -4.41. The molecule has 0 saturated carbocycles. The lowest BCUT2D eigenvalue weighted by molar-refractivity contribution is -0.137. The number of esters is 1. The predicted octanol–water partition coefficient (Wildman–Crippen LogP) is 5.02. The zero-order chi connectivity index (χ0) is 19.8. The molecule has 7 heteroatoms. The van der Waals surface area contributed by atoms with E-state index in [0.29, 0.717) is 39.0 Å². The van der Waals surface area contributed by atoms with Crippen molar-refractivity contribution >= 4 is 16.9 Å². The van der Waals surface area contributed by atoms with E-state index in [-0.39, 0.29) is 0 Å². The van der Waals surface area contributed by atoms with Gasteiger partial charge in [0.2, 0.25) is 0 Å². The number of halogens is 3. The van der Waals surface area contributed by atoms with E-state index in [0.717, 1.165) is 12.1 Å². The van der Waals surface area contributed by atoms with E-state index in [1.54, 1.807) is 31.2 Å². The van der Waals surface area contributed by atoms with Crippen molar-refractivity contribution in [2.45, 2.75) is 13.1 Å². The lowest BCUT2D eigenvalue weighted by Gasteiger charge is -2.13. The number of fused-ring (bicyclic) bond motifs is 1. The van der Waals surface area contributed by atoms with Crippen molar-refractivity contribution in [3.05, 3.63) is 59.2 Å². The standard InChI is InChI=1S/C20H16F3NO3/c1-11-8-13(20(21,22)23)5-7-14(11)17-10-18(26-2)15-6-4-12(19(25)27-3)9-16(15)24-17/h4-10H,1-3H3. The molecule has 0 aliphatic carbocycles. The van der Waals surface area contributed by atoms with E-state index < -0.39 is 17.7 Å². The molecule has 140 valence electrons. The van der Waals surface area contributed by atoms with Gasteiger partial charge in [-0.1, -0.05) is 6.07 Å². The maximum Gasteiger partial charge on any atom is 0.416 e. The molecular formula is C20H16F3NO3. The molecule has 3 aromatic rings. The summed E-state index contributed by atoms with van der Waals surface area (Å²) in [4.78, 5) is 16.3. The molecule has 4 nitrogen and oxygen atoms in total. The third kappa shape index (κ3) is 3.58. The normalized spacial score (nSPS) is 11.5. The number of ether oxygens (including phenoxy) is 2. The number of alkyl halides is 3. The van der Waals surface area contributed by atoms with Crippen LogP contribution in [0, 0.1) is 6.92 Å². The number of carbonyl (C=O) groups excluding carboxylic acids is 1. The van der Waals surface area contributed by atoms with Crippen LogP contribution in [0.5, 0.6) is 5.75 Å². The molecule has 1 aromatic heterocycles. The Morgan fingerprint density at radius 2 is 1.78 bits per heavy atom. The Morgan fingerprint density at radius 1 is 1.04 bits per heavy atom. The minimum Gasteiger partial charge on any atom is -0.496 e. The van der Waals surface area contributed by atoms with E-state index in [9.17, 15) is 18.0 Å². The molecule has 0 unspecified atom stereocenters. The number of aryl methyl sites for hydroxylation is 1. The highest BCUT2D eigenvalue weighted by Gasteiger charge is 2.30. The lowest BCUT2D eigenvalue weighted by atomic mass is 10.0. The van der Waals surface area contributed by atoms with Gasteiger partial charge >= 0.3 is 12.1 Å². The van der Waals surface area contributed by atoms with Crippen LogP contribution in [0.4, 0.5) is 13.2 Å². The SMILES string of the molecule is COC(=O)c1ccc2c(OC)cc(-c3ccc(C(F)(F)F)cc3C)nc2c1. The number of pyridine rings is 1. The fourth-order valence-corrected chi connectivity index (χ4v) is 2.88. The van der Waals surface area contributed by atoms with Crippen LogP contribution in [-0.2, 0) is 10.9 Å². The molecule has 0 bridgehead atoms. The lowest BCUT2D eigenvalue weighted by Crippen LogP contribution is -2.05. The van der Waals surface area contributed by atoms with Crippen molar-refractivity contribution in [3.8, 4) is 17.0 Å². The molecule has 0 saturated heterocycles. The van der Waals surface area contributed by atoms with Crippen LogP contribution in [0.3, 0.4) is 0 Å². The summed E-state index contributed by atoms with van der Waals surface area (Å²) in [5.74, 6) is -0.000468. The zero-order valence-corrected chi connectivity index (χ0v) is 14.8. The van der Waals surface area contributed by atoms with Crippen LogP contribution in [0.1, 0.15) is 21.5 Å². The summed E-state index contributed by atoms with van der Waals surface area (Å²) in [5.41, 5.74) is 1.51. The first-order chi connectivity index (χ1) is 12.7. The smallest absolute Gasteiger partial charge is 0.416 e. The quantitative estimate of drug-likeness (QED) is 0.603.